The number of hydrogen-bond donors (Lipinski definition) is 0. The Morgan fingerprint density at radius 3 is 2.38 bits per heavy atom. The van der Waals surface area contributed by atoms with Crippen molar-refractivity contribution in [3.05, 3.63) is 47.3 Å². The van der Waals surface area contributed by atoms with Crippen molar-refractivity contribution in [2.24, 2.45) is 0 Å². The van der Waals surface area contributed by atoms with E-state index in [1.54, 1.807) is 30.3 Å². The van der Waals surface area contributed by atoms with E-state index in [4.69, 9.17) is 10.5 Å². The van der Waals surface area contributed by atoms with Crippen molar-refractivity contribution >= 4 is 27.0 Å². The molecule has 2 rings (SSSR count). The molecule has 106 valence electrons. The summed E-state index contributed by atoms with van der Waals surface area (Å²) < 4.78 is 26.7. The second-order valence-electron chi connectivity index (χ2n) is 4.05. The molecule has 0 N–H and O–H groups in total. The molecule has 0 bridgehead atoms. The summed E-state index contributed by atoms with van der Waals surface area (Å²) in [5.74, 6) is 0. The Bertz CT molecular complexity index is 799. The largest absolute Gasteiger partial charge is 0.273 e. The molecule has 0 aliphatic carbocycles. The van der Waals surface area contributed by atoms with Gasteiger partial charge >= 0.3 is 0 Å². The molecule has 0 saturated heterocycles. The third-order valence-corrected chi connectivity index (χ3v) is 5.99. The molecule has 2 aromatic rings. The number of benzene rings is 1. The minimum atomic E-state index is -3.77. The second-order valence-corrected chi connectivity index (χ2v) is 7.22. The van der Waals surface area contributed by atoms with E-state index in [-0.39, 0.29) is 17.2 Å². The van der Waals surface area contributed by atoms with Crippen LogP contribution >= 0.6 is 11.3 Å². The maximum absolute atomic E-state index is 12.7. The Kier molecular flexibility index (Phi) is 4.59. The fourth-order valence-electron chi connectivity index (χ4n) is 1.76. The Morgan fingerprint density at radius 1 is 1.10 bits per heavy atom. The van der Waals surface area contributed by atoms with E-state index >= 15 is 0 Å². The average molecular weight is 317 g/mol. The first kappa shape index (κ1) is 15.0. The summed E-state index contributed by atoms with van der Waals surface area (Å²) in [6.45, 7) is 0.0721. The topological polar surface area (TPSA) is 85.0 Å². The van der Waals surface area contributed by atoms with Crippen LogP contribution in [0.3, 0.4) is 0 Å². The summed E-state index contributed by atoms with van der Waals surface area (Å²) in [4.78, 5) is 0.335. The first-order chi connectivity index (χ1) is 10.1. The van der Waals surface area contributed by atoms with Crippen LogP contribution < -0.4 is 4.31 Å². The van der Waals surface area contributed by atoms with Crippen molar-refractivity contribution in [1.29, 1.82) is 10.5 Å². The van der Waals surface area contributed by atoms with Crippen LogP contribution in [-0.4, -0.2) is 15.0 Å². The van der Waals surface area contributed by atoms with Crippen molar-refractivity contribution in [2.45, 2.75) is 10.6 Å². The molecule has 1 aromatic heterocycles. The van der Waals surface area contributed by atoms with E-state index < -0.39 is 10.0 Å². The molecule has 0 spiro atoms. The summed E-state index contributed by atoms with van der Waals surface area (Å²) in [6.07, 6.45) is 0.0879. The number of nitriles is 2. The van der Waals surface area contributed by atoms with Crippen molar-refractivity contribution in [2.75, 3.05) is 10.8 Å². The Labute approximate surface area is 127 Å². The van der Waals surface area contributed by atoms with E-state index in [1.807, 2.05) is 12.1 Å². The highest BCUT2D eigenvalue weighted by Gasteiger charge is 2.26. The van der Waals surface area contributed by atoms with Gasteiger partial charge in [0.1, 0.15) is 15.2 Å². The van der Waals surface area contributed by atoms with Crippen molar-refractivity contribution < 1.29 is 8.42 Å². The number of para-hydroxylation sites is 1. The van der Waals surface area contributed by atoms with Crippen LogP contribution in [0, 0.1) is 22.7 Å². The van der Waals surface area contributed by atoms with Gasteiger partial charge in [0.25, 0.3) is 10.0 Å². The average Bonchev–Trinajstić information content (AvgIpc) is 2.98. The summed E-state index contributed by atoms with van der Waals surface area (Å²) in [5, 5.41) is 17.6. The molecule has 0 radical (unpaired) electrons. The molecule has 0 aliphatic rings. The van der Waals surface area contributed by atoms with Gasteiger partial charge in [-0.2, -0.15) is 10.5 Å². The Balaban J connectivity index is 2.45. The smallest absolute Gasteiger partial charge is 0.265 e. The van der Waals surface area contributed by atoms with Gasteiger partial charge in [0.2, 0.25) is 0 Å². The van der Waals surface area contributed by atoms with E-state index in [0.29, 0.717) is 10.6 Å². The number of hydrogen-bond acceptors (Lipinski definition) is 5. The van der Waals surface area contributed by atoms with Crippen molar-refractivity contribution in [3.8, 4) is 12.1 Å². The molecule has 7 heteroatoms. The number of sulfonamides is 1. The lowest BCUT2D eigenvalue weighted by molar-refractivity contribution is 0.593. The molecular weight excluding hydrogens is 306 g/mol. The van der Waals surface area contributed by atoms with E-state index in [1.165, 1.54) is 16.4 Å². The molecule has 1 aromatic carbocycles. The lowest BCUT2D eigenvalue weighted by Gasteiger charge is -2.22. The van der Waals surface area contributed by atoms with E-state index in [9.17, 15) is 8.42 Å². The van der Waals surface area contributed by atoms with Crippen LogP contribution in [0.25, 0.3) is 0 Å². The Hall–Kier alpha value is -2.35. The SMILES string of the molecule is N#CCCN(c1ccccc1)S(=O)(=O)c1ccc(C#N)s1. The monoisotopic (exact) mass is 317 g/mol. The predicted molar refractivity (Wildman–Crippen MR) is 80.2 cm³/mol. The minimum absolute atomic E-state index is 0.0721. The number of thiophene rings is 1. The summed E-state index contributed by atoms with van der Waals surface area (Å²) in [5.41, 5.74) is 0.500. The molecule has 0 fully saturated rings. The quantitative estimate of drug-likeness (QED) is 0.848. The van der Waals surface area contributed by atoms with E-state index in [2.05, 4.69) is 0 Å². The fourth-order valence-corrected chi connectivity index (χ4v) is 4.44. The third kappa shape index (κ3) is 3.22. The van der Waals surface area contributed by atoms with E-state index in [0.717, 1.165) is 11.3 Å². The van der Waals surface area contributed by atoms with Gasteiger partial charge in [-0.1, -0.05) is 18.2 Å². The van der Waals surface area contributed by atoms with Crippen LogP contribution in [0.4, 0.5) is 5.69 Å². The van der Waals surface area contributed by atoms with Gasteiger partial charge < -0.3 is 0 Å². The summed E-state index contributed by atoms with van der Waals surface area (Å²) in [6, 6.07) is 15.4. The molecule has 0 atom stereocenters. The Morgan fingerprint density at radius 2 is 1.81 bits per heavy atom. The standard InChI is InChI=1S/C14H11N3O2S2/c15-9-4-10-17(12-5-2-1-3-6-12)21(18,19)14-8-7-13(11-16)20-14/h1-3,5-8H,4,10H2. The minimum Gasteiger partial charge on any atom is -0.265 e. The highest BCUT2D eigenvalue weighted by molar-refractivity contribution is 7.94. The zero-order valence-electron chi connectivity index (χ0n) is 10.9. The number of anilines is 1. The van der Waals surface area contributed by atoms with Gasteiger partial charge in [-0.15, -0.1) is 11.3 Å². The van der Waals surface area contributed by atoms with Crippen LogP contribution in [0.2, 0.25) is 0 Å². The zero-order valence-corrected chi connectivity index (χ0v) is 12.6. The van der Waals surface area contributed by atoms with Gasteiger partial charge in [0, 0.05) is 6.54 Å². The fraction of sp³-hybridized carbons (Fsp3) is 0.143. The van der Waals surface area contributed by atoms with Crippen LogP contribution in [-0.2, 0) is 10.0 Å². The molecule has 1 heterocycles. The summed E-state index contributed by atoms with van der Waals surface area (Å²) >= 11 is 0.923. The first-order valence-corrected chi connectivity index (χ1v) is 8.30. The second kappa shape index (κ2) is 6.40. The highest BCUT2D eigenvalue weighted by Crippen LogP contribution is 2.28. The predicted octanol–water partition coefficient (Wildman–Crippen LogP) is 2.73. The summed E-state index contributed by atoms with van der Waals surface area (Å²) in [7, 11) is -3.77. The molecule has 21 heavy (non-hydrogen) atoms. The van der Waals surface area contributed by atoms with Gasteiger partial charge in [0.15, 0.2) is 0 Å². The lowest BCUT2D eigenvalue weighted by atomic mass is 10.3. The molecule has 0 unspecified atom stereocenters. The molecule has 5 nitrogen and oxygen atoms in total. The van der Waals surface area contributed by atoms with Gasteiger partial charge in [-0.05, 0) is 24.3 Å². The normalized spacial score (nSPS) is 10.6. The molecule has 0 aliphatic heterocycles. The molecular formula is C14H11N3O2S2. The lowest BCUT2D eigenvalue weighted by Crippen LogP contribution is -2.31. The maximum atomic E-state index is 12.7. The molecule has 0 saturated carbocycles. The van der Waals surface area contributed by atoms with Gasteiger partial charge in [0.05, 0.1) is 18.2 Å². The maximum Gasteiger partial charge on any atom is 0.273 e. The number of rotatable bonds is 5. The highest BCUT2D eigenvalue weighted by atomic mass is 32.2. The van der Waals surface area contributed by atoms with Crippen LogP contribution in [0.5, 0.6) is 0 Å². The van der Waals surface area contributed by atoms with Gasteiger partial charge in [-0.25, -0.2) is 8.42 Å². The third-order valence-electron chi connectivity index (χ3n) is 2.71. The number of nitrogens with zero attached hydrogens (tertiary/aromatic N) is 3. The van der Waals surface area contributed by atoms with Gasteiger partial charge in [-0.3, -0.25) is 4.31 Å². The first-order valence-electron chi connectivity index (χ1n) is 6.04. The van der Waals surface area contributed by atoms with Crippen LogP contribution in [0.15, 0.2) is 46.7 Å². The van der Waals surface area contributed by atoms with Crippen molar-refractivity contribution in [3.63, 3.8) is 0 Å². The zero-order chi connectivity index (χ0) is 15.3. The van der Waals surface area contributed by atoms with Crippen LogP contribution in [0.1, 0.15) is 11.3 Å². The molecule has 0 amide bonds. The van der Waals surface area contributed by atoms with Crippen molar-refractivity contribution in [1.82, 2.24) is 0 Å².